The first-order chi connectivity index (χ1) is 21.3. The van der Waals surface area contributed by atoms with Crippen LogP contribution < -0.4 is 40.1 Å². The Balaban J connectivity index is -0.0000000673. The van der Waals surface area contributed by atoms with Crippen molar-refractivity contribution in [2.45, 2.75) is 198 Å². The van der Waals surface area contributed by atoms with Gasteiger partial charge in [0.2, 0.25) is 0 Å². The van der Waals surface area contributed by atoms with Crippen LogP contribution >= 0.6 is 0 Å². The summed E-state index contributed by atoms with van der Waals surface area (Å²) in [5, 5.41) is 24.3. The minimum atomic E-state index is -0.838. The fourth-order valence-electron chi connectivity index (χ4n) is 1.77. The van der Waals surface area contributed by atoms with Crippen LogP contribution in [0.3, 0.4) is 0 Å². The number of nitrogens with two attached hydrogens (primary N) is 7. The van der Waals surface area contributed by atoms with Crippen LogP contribution in [-0.4, -0.2) is 75.0 Å². The monoisotopic (exact) mass is 730 g/mol. The Morgan fingerprint density at radius 1 is 0.780 bits per heavy atom. The summed E-state index contributed by atoms with van der Waals surface area (Å²) in [6.45, 7) is 27.9. The summed E-state index contributed by atoms with van der Waals surface area (Å²) in [6, 6.07) is 0.792. The number of hydrogen-bond acceptors (Lipinski definition) is 10. The highest BCUT2D eigenvalue weighted by Gasteiger charge is 2.25. The largest absolute Gasteiger partial charge is 0.481 e. The molecule has 2 fully saturated rings. The maximum Gasteiger partial charge on any atom is 0.307 e. The second-order valence-electron chi connectivity index (χ2n) is 15.7. The summed E-state index contributed by atoms with van der Waals surface area (Å²) in [7, 11) is 0. The first-order valence-corrected chi connectivity index (χ1v) is 17.2. The lowest BCUT2D eigenvalue weighted by atomic mass is 9.80. The van der Waals surface area contributed by atoms with E-state index in [1.165, 1.54) is 19.3 Å². The maximum atomic E-state index is 9.98. The molecule has 0 saturated heterocycles. The van der Waals surface area contributed by atoms with Crippen LogP contribution in [0.4, 0.5) is 0 Å². The predicted molar refractivity (Wildman–Crippen MR) is 217 cm³/mol. The van der Waals surface area contributed by atoms with Gasteiger partial charge in [-0.25, -0.2) is 0 Å². The van der Waals surface area contributed by atoms with Crippen molar-refractivity contribution in [3.8, 4) is 0 Å². The molecule has 4 unspecified atom stereocenters. The van der Waals surface area contributed by atoms with E-state index in [0.717, 1.165) is 25.7 Å². The van der Waals surface area contributed by atoms with Crippen molar-refractivity contribution in [2.24, 2.45) is 57.4 Å². The quantitative estimate of drug-likeness (QED) is 0.156. The lowest BCUT2D eigenvalue weighted by molar-refractivity contribution is -0.144. The molecule has 2 aliphatic carbocycles. The summed E-state index contributed by atoms with van der Waals surface area (Å²) in [4.78, 5) is 29.6. The predicted octanol–water partition coefficient (Wildman–Crippen LogP) is 5.73. The van der Waals surface area contributed by atoms with Crippen molar-refractivity contribution in [1.82, 2.24) is 0 Å². The Morgan fingerprint density at radius 2 is 1.06 bits per heavy atom. The van der Waals surface area contributed by atoms with Gasteiger partial charge in [-0.1, -0.05) is 69.7 Å². The minimum absolute atomic E-state index is 0. The third-order valence-electron chi connectivity index (χ3n) is 6.23. The second kappa shape index (κ2) is 36.9. The number of carboxylic acid groups (broad SMARTS) is 3. The first kappa shape index (κ1) is 66.4. The molecule has 0 aromatic rings. The highest BCUT2D eigenvalue weighted by molar-refractivity contribution is 5.70. The summed E-state index contributed by atoms with van der Waals surface area (Å²) < 4.78 is 0. The molecule has 2 aliphatic rings. The van der Waals surface area contributed by atoms with Crippen molar-refractivity contribution in [1.29, 1.82) is 0 Å². The molecule has 310 valence electrons. The standard InChI is InChI=1S/C6H15N.C5H11N.C5H8O2.2C4H9NO2.2C4H11N.C3H9N.2CH4/c1-5(7)6(2,3)4;1-5(6)3-2-4-5;6-5(7)4-2-1-3-4;1-3(2-5)4(6)7;1-3(5)2-4(6)7;1-4(2,3)5;1-3-4(2)5;1-3(2)4;;/h5H,7H2,1-4H3;2-4,6H2,1H3;4H,1-3H2,(H,6,7);2*3H,2,5H2,1H3,(H,6,7);5H2,1-3H3;4H,3,5H2,1-2H3;3H,4H2,1-2H3;2*1H4. The van der Waals surface area contributed by atoms with E-state index in [2.05, 4.69) is 34.6 Å². The molecule has 17 N–H and O–H groups in total. The van der Waals surface area contributed by atoms with Crippen LogP contribution in [-0.2, 0) is 14.4 Å². The van der Waals surface area contributed by atoms with Crippen molar-refractivity contribution >= 4 is 17.9 Å². The molecule has 0 radical (unpaired) electrons. The van der Waals surface area contributed by atoms with Gasteiger partial charge in [-0.05, 0) is 98.4 Å². The normalized spacial score (nSPS) is 16.0. The SMILES string of the molecule is C.C.CC(C)(C)N.CC(C)N.CC(CN)C(=O)O.CC(N)C(C)(C)C.CC(N)CC(=O)O.CC1(N)CCC1.CCC(C)N.O=C(O)C1CCC1. The molecule has 2 rings (SSSR count). The zero-order valence-corrected chi connectivity index (χ0v) is 33.4. The third-order valence-corrected chi connectivity index (χ3v) is 6.23. The number of carboxylic acids is 3. The van der Waals surface area contributed by atoms with Crippen molar-refractivity contribution in [3.63, 3.8) is 0 Å². The minimum Gasteiger partial charge on any atom is -0.481 e. The molecule has 13 nitrogen and oxygen atoms in total. The van der Waals surface area contributed by atoms with Crippen LogP contribution in [0.1, 0.15) is 163 Å². The van der Waals surface area contributed by atoms with Gasteiger partial charge >= 0.3 is 17.9 Å². The summed E-state index contributed by atoms with van der Waals surface area (Å²) >= 11 is 0. The molecular formula is C37H91N7O6. The molecule has 50 heavy (non-hydrogen) atoms. The van der Waals surface area contributed by atoms with Crippen LogP contribution in [0.2, 0.25) is 0 Å². The van der Waals surface area contributed by atoms with Gasteiger partial charge < -0.3 is 55.5 Å². The number of carbonyl (C=O) groups is 3. The Morgan fingerprint density at radius 3 is 1.06 bits per heavy atom. The number of aliphatic carboxylic acids is 3. The highest BCUT2D eigenvalue weighted by atomic mass is 16.4. The fraction of sp³-hybridized carbons (Fsp3) is 0.919. The molecule has 0 spiro atoms. The van der Waals surface area contributed by atoms with E-state index in [1.807, 2.05) is 48.5 Å². The lowest BCUT2D eigenvalue weighted by Crippen LogP contribution is -2.42. The van der Waals surface area contributed by atoms with E-state index >= 15 is 0 Å². The van der Waals surface area contributed by atoms with Crippen LogP contribution in [0.5, 0.6) is 0 Å². The van der Waals surface area contributed by atoms with Gasteiger partial charge in [0.15, 0.2) is 0 Å². The van der Waals surface area contributed by atoms with Gasteiger partial charge in [-0.2, -0.15) is 0 Å². The maximum absolute atomic E-state index is 9.98. The van der Waals surface area contributed by atoms with E-state index in [4.69, 9.17) is 55.5 Å². The van der Waals surface area contributed by atoms with Gasteiger partial charge in [0.1, 0.15) is 0 Å². The molecule has 0 aromatic heterocycles. The van der Waals surface area contributed by atoms with E-state index < -0.39 is 23.8 Å². The average Bonchev–Trinajstić information content (AvgIpc) is 2.80. The first-order valence-electron chi connectivity index (χ1n) is 17.2. The topological polar surface area (TPSA) is 294 Å². The molecule has 0 aromatic carbocycles. The Bertz CT molecular complexity index is 731. The second-order valence-corrected chi connectivity index (χ2v) is 15.7. The van der Waals surface area contributed by atoms with Gasteiger partial charge in [0, 0.05) is 35.7 Å². The molecule has 0 aliphatic heterocycles. The van der Waals surface area contributed by atoms with Gasteiger partial charge in [0.25, 0.3) is 0 Å². The van der Waals surface area contributed by atoms with E-state index in [9.17, 15) is 14.4 Å². The molecule has 0 heterocycles. The van der Waals surface area contributed by atoms with Crippen molar-refractivity contribution in [2.75, 3.05) is 6.54 Å². The zero-order chi connectivity index (χ0) is 40.1. The molecular weight excluding hydrogens is 638 g/mol. The number of rotatable bonds is 6. The lowest BCUT2D eigenvalue weighted by Gasteiger charge is -2.33. The van der Waals surface area contributed by atoms with Crippen molar-refractivity contribution < 1.29 is 29.7 Å². The average molecular weight is 730 g/mol. The van der Waals surface area contributed by atoms with Crippen LogP contribution in [0.15, 0.2) is 0 Å². The van der Waals surface area contributed by atoms with E-state index in [1.54, 1.807) is 13.8 Å². The summed E-state index contributed by atoms with van der Waals surface area (Å²) in [5.74, 6) is -2.69. The zero-order valence-electron chi connectivity index (χ0n) is 33.4. The Labute approximate surface area is 309 Å². The Kier molecular flexibility index (Phi) is 49.0. The van der Waals surface area contributed by atoms with Crippen LogP contribution in [0, 0.1) is 17.3 Å². The molecule has 0 amide bonds. The van der Waals surface area contributed by atoms with Crippen molar-refractivity contribution in [3.05, 3.63) is 0 Å². The molecule has 13 heteroatoms. The molecule has 0 bridgehead atoms. The van der Waals surface area contributed by atoms with Crippen LogP contribution in [0.25, 0.3) is 0 Å². The smallest absolute Gasteiger partial charge is 0.307 e. The van der Waals surface area contributed by atoms with Gasteiger partial charge in [-0.15, -0.1) is 0 Å². The summed E-state index contributed by atoms with van der Waals surface area (Å²) in [6.07, 6.45) is 7.84. The third kappa shape index (κ3) is 80.7. The van der Waals surface area contributed by atoms with Gasteiger partial charge in [0.05, 0.1) is 18.3 Å². The number of hydrogen-bond donors (Lipinski definition) is 10. The molecule has 2 saturated carbocycles. The molecule has 4 atom stereocenters. The Hall–Kier alpha value is -1.87. The van der Waals surface area contributed by atoms with Gasteiger partial charge in [-0.3, -0.25) is 14.4 Å². The summed E-state index contributed by atoms with van der Waals surface area (Å²) in [5.41, 5.74) is 37.6. The fourth-order valence-corrected chi connectivity index (χ4v) is 1.77. The highest BCUT2D eigenvalue weighted by Crippen LogP contribution is 2.27. The van der Waals surface area contributed by atoms with E-state index in [0.29, 0.717) is 18.1 Å². The van der Waals surface area contributed by atoms with E-state index in [-0.39, 0.29) is 56.3 Å².